The van der Waals surface area contributed by atoms with Gasteiger partial charge in [0.2, 0.25) is 5.91 Å². The van der Waals surface area contributed by atoms with E-state index in [1.54, 1.807) is 13.2 Å². The quantitative estimate of drug-likeness (QED) is 0.405. The van der Waals surface area contributed by atoms with Crippen molar-refractivity contribution in [3.05, 3.63) is 47.7 Å². The summed E-state index contributed by atoms with van der Waals surface area (Å²) in [5.41, 5.74) is 1.14. The second-order valence-electron chi connectivity index (χ2n) is 6.82. The smallest absolute Gasteiger partial charge is 0.242 e. The molecule has 0 atom stereocenters. The highest BCUT2D eigenvalue weighted by Gasteiger charge is 2.21. The molecular weight excluding hydrogens is 390 g/mol. The number of rotatable bonds is 7. The molecule has 0 aliphatic carbocycles. The van der Waals surface area contributed by atoms with Crippen molar-refractivity contribution in [1.82, 2.24) is 25.3 Å². The molecule has 2 heterocycles. The maximum absolute atomic E-state index is 12.5. The van der Waals surface area contributed by atoms with Gasteiger partial charge in [-0.25, -0.2) is 0 Å². The third kappa shape index (κ3) is 6.39. The number of aryl methyl sites for hydroxylation is 1. The van der Waals surface area contributed by atoms with Gasteiger partial charge in [-0.3, -0.25) is 14.5 Å². The Morgan fingerprint density at radius 2 is 1.93 bits per heavy atom. The first kappa shape index (κ1) is 21.0. The zero-order valence-electron chi connectivity index (χ0n) is 16.7. The van der Waals surface area contributed by atoms with E-state index in [2.05, 4.69) is 25.6 Å². The number of nitrogens with one attached hydrogen (secondary N) is 2. The molecule has 0 spiro atoms. The van der Waals surface area contributed by atoms with Crippen LogP contribution < -0.4 is 15.5 Å². The lowest BCUT2D eigenvalue weighted by Gasteiger charge is -2.36. The Morgan fingerprint density at radius 3 is 2.59 bits per heavy atom. The third-order valence-corrected chi connectivity index (χ3v) is 5.12. The van der Waals surface area contributed by atoms with E-state index >= 15 is 0 Å². The van der Waals surface area contributed by atoms with E-state index in [1.807, 2.05) is 46.1 Å². The Balaban J connectivity index is 1.34. The van der Waals surface area contributed by atoms with E-state index in [9.17, 15) is 4.79 Å². The maximum atomic E-state index is 12.5. The topological polar surface area (TPSA) is 77.8 Å². The number of hydrogen-bond acceptors (Lipinski definition) is 4. The monoisotopic (exact) mass is 417 g/mol. The first-order valence-electron chi connectivity index (χ1n) is 9.86. The van der Waals surface area contributed by atoms with Gasteiger partial charge in [0.05, 0.1) is 6.54 Å². The lowest BCUT2D eigenvalue weighted by molar-refractivity contribution is -0.130. The number of halogens is 1. The number of anilines is 1. The SMILES string of the molecule is CN=C(NCCCn1cccn1)NCC(=O)N1CCN(c2ccc(Cl)cc2)CC1. The van der Waals surface area contributed by atoms with Crippen molar-refractivity contribution >= 4 is 29.2 Å². The Hall–Kier alpha value is -2.74. The number of hydrogen-bond donors (Lipinski definition) is 2. The van der Waals surface area contributed by atoms with Crippen LogP contribution in [0.25, 0.3) is 0 Å². The minimum Gasteiger partial charge on any atom is -0.368 e. The van der Waals surface area contributed by atoms with Crippen LogP contribution in [0.4, 0.5) is 5.69 Å². The van der Waals surface area contributed by atoms with Crippen LogP contribution in [0.5, 0.6) is 0 Å². The number of piperazine rings is 1. The van der Waals surface area contributed by atoms with Gasteiger partial charge in [0, 0.05) is 69.4 Å². The molecule has 1 aromatic carbocycles. The molecule has 0 radical (unpaired) electrons. The predicted octanol–water partition coefficient (Wildman–Crippen LogP) is 1.44. The van der Waals surface area contributed by atoms with Crippen LogP contribution in [0, 0.1) is 0 Å². The summed E-state index contributed by atoms with van der Waals surface area (Å²) in [6.07, 6.45) is 4.64. The fourth-order valence-corrected chi connectivity index (χ4v) is 3.36. The largest absolute Gasteiger partial charge is 0.368 e. The molecule has 1 aliphatic heterocycles. The number of aliphatic imine (C=N–C) groups is 1. The number of aromatic nitrogens is 2. The summed E-state index contributed by atoms with van der Waals surface area (Å²) in [5.74, 6) is 0.721. The lowest BCUT2D eigenvalue weighted by Crippen LogP contribution is -2.52. The molecule has 1 aliphatic rings. The summed E-state index contributed by atoms with van der Waals surface area (Å²) in [6.45, 7) is 4.88. The number of carbonyl (C=O) groups excluding carboxylic acids is 1. The number of benzene rings is 1. The van der Waals surface area contributed by atoms with E-state index < -0.39 is 0 Å². The molecule has 1 amide bonds. The molecule has 2 aromatic rings. The molecule has 3 rings (SSSR count). The van der Waals surface area contributed by atoms with Gasteiger partial charge in [-0.2, -0.15) is 5.10 Å². The molecule has 2 N–H and O–H groups in total. The van der Waals surface area contributed by atoms with Crippen LogP contribution in [0.2, 0.25) is 5.02 Å². The van der Waals surface area contributed by atoms with Crippen LogP contribution >= 0.6 is 11.6 Å². The first-order valence-corrected chi connectivity index (χ1v) is 10.2. The van der Waals surface area contributed by atoms with Gasteiger partial charge in [-0.1, -0.05) is 11.6 Å². The van der Waals surface area contributed by atoms with Gasteiger partial charge in [0.15, 0.2) is 5.96 Å². The molecule has 1 aromatic heterocycles. The summed E-state index contributed by atoms with van der Waals surface area (Å²) in [7, 11) is 1.71. The average Bonchev–Trinajstić information content (AvgIpc) is 3.27. The van der Waals surface area contributed by atoms with Crippen molar-refractivity contribution in [3.8, 4) is 0 Å². The maximum Gasteiger partial charge on any atom is 0.242 e. The number of carbonyl (C=O) groups is 1. The summed E-state index contributed by atoms with van der Waals surface area (Å²) < 4.78 is 1.89. The van der Waals surface area contributed by atoms with Gasteiger partial charge in [0.25, 0.3) is 0 Å². The van der Waals surface area contributed by atoms with Gasteiger partial charge in [-0.05, 0) is 36.8 Å². The predicted molar refractivity (Wildman–Crippen MR) is 116 cm³/mol. The Labute approximate surface area is 176 Å². The van der Waals surface area contributed by atoms with Gasteiger partial charge in [-0.15, -0.1) is 0 Å². The van der Waals surface area contributed by atoms with Crippen LogP contribution in [0.1, 0.15) is 6.42 Å². The van der Waals surface area contributed by atoms with Crippen molar-refractivity contribution in [2.75, 3.05) is 51.2 Å². The van der Waals surface area contributed by atoms with Crippen molar-refractivity contribution < 1.29 is 4.79 Å². The second-order valence-corrected chi connectivity index (χ2v) is 7.26. The highest BCUT2D eigenvalue weighted by Crippen LogP contribution is 2.19. The third-order valence-electron chi connectivity index (χ3n) is 4.87. The Kier molecular flexibility index (Phi) is 7.75. The fraction of sp³-hybridized carbons (Fsp3) is 0.450. The summed E-state index contributed by atoms with van der Waals surface area (Å²) in [4.78, 5) is 20.9. The fourth-order valence-electron chi connectivity index (χ4n) is 3.24. The normalized spacial score (nSPS) is 14.8. The average molecular weight is 418 g/mol. The van der Waals surface area contributed by atoms with E-state index in [-0.39, 0.29) is 12.5 Å². The number of amides is 1. The van der Waals surface area contributed by atoms with Crippen LogP contribution in [0.15, 0.2) is 47.7 Å². The summed E-state index contributed by atoms with van der Waals surface area (Å²) >= 11 is 5.95. The van der Waals surface area contributed by atoms with E-state index in [1.165, 1.54) is 0 Å². The molecule has 0 unspecified atom stereocenters. The van der Waals surface area contributed by atoms with Gasteiger partial charge >= 0.3 is 0 Å². The van der Waals surface area contributed by atoms with Crippen molar-refractivity contribution in [2.45, 2.75) is 13.0 Å². The molecule has 0 bridgehead atoms. The zero-order valence-corrected chi connectivity index (χ0v) is 17.5. The minimum absolute atomic E-state index is 0.0836. The Morgan fingerprint density at radius 1 is 1.17 bits per heavy atom. The molecule has 156 valence electrons. The molecule has 9 heteroatoms. The van der Waals surface area contributed by atoms with E-state index in [0.717, 1.165) is 43.3 Å². The number of guanidine groups is 1. The Bertz CT molecular complexity index is 784. The highest BCUT2D eigenvalue weighted by molar-refractivity contribution is 6.30. The number of nitrogens with zero attached hydrogens (tertiary/aromatic N) is 5. The molecule has 1 saturated heterocycles. The summed E-state index contributed by atoms with van der Waals surface area (Å²) in [6, 6.07) is 9.74. The second kappa shape index (κ2) is 10.7. The highest BCUT2D eigenvalue weighted by atomic mass is 35.5. The van der Waals surface area contributed by atoms with E-state index in [4.69, 9.17) is 11.6 Å². The van der Waals surface area contributed by atoms with Gasteiger partial charge in [0.1, 0.15) is 0 Å². The zero-order chi connectivity index (χ0) is 20.5. The van der Waals surface area contributed by atoms with Crippen molar-refractivity contribution in [2.24, 2.45) is 4.99 Å². The van der Waals surface area contributed by atoms with Crippen LogP contribution in [-0.2, 0) is 11.3 Å². The molecular formula is C20H28ClN7O. The standard InChI is InChI=1S/C20H28ClN7O/c1-22-20(23-8-2-10-28-11-3-9-25-28)24-16-19(29)27-14-12-26(13-15-27)18-6-4-17(21)5-7-18/h3-7,9,11H,2,8,10,12-16H2,1H3,(H2,22,23,24). The lowest BCUT2D eigenvalue weighted by atomic mass is 10.2. The molecule has 1 fully saturated rings. The van der Waals surface area contributed by atoms with Gasteiger partial charge < -0.3 is 20.4 Å². The van der Waals surface area contributed by atoms with Crippen molar-refractivity contribution in [1.29, 1.82) is 0 Å². The molecule has 29 heavy (non-hydrogen) atoms. The molecule has 8 nitrogen and oxygen atoms in total. The van der Waals surface area contributed by atoms with E-state index in [0.29, 0.717) is 19.0 Å². The summed E-state index contributed by atoms with van der Waals surface area (Å²) in [5, 5.41) is 11.2. The first-order chi connectivity index (χ1) is 14.2. The van der Waals surface area contributed by atoms with Crippen LogP contribution in [0.3, 0.4) is 0 Å². The molecule has 0 saturated carbocycles. The van der Waals surface area contributed by atoms with Crippen LogP contribution in [-0.4, -0.2) is 72.9 Å². The minimum atomic E-state index is 0.0836. The van der Waals surface area contributed by atoms with Crippen molar-refractivity contribution in [3.63, 3.8) is 0 Å².